The lowest BCUT2D eigenvalue weighted by Crippen LogP contribution is -2.36. The van der Waals surface area contributed by atoms with Gasteiger partial charge in [0.1, 0.15) is 5.82 Å². The largest absolute Gasteiger partial charge is 0.339 e. The number of pyridine rings is 1. The fourth-order valence-corrected chi connectivity index (χ4v) is 2.75. The molecule has 0 fully saturated rings. The Bertz CT molecular complexity index is 942. The molecule has 6 heteroatoms. The van der Waals surface area contributed by atoms with Crippen molar-refractivity contribution in [2.45, 2.75) is 6.54 Å². The summed E-state index contributed by atoms with van der Waals surface area (Å²) in [6, 6.07) is 22.6. The first kappa shape index (κ1) is 15.8. The van der Waals surface area contributed by atoms with Crippen LogP contribution in [0.15, 0.2) is 79.0 Å². The molecule has 0 spiro atoms. The highest BCUT2D eigenvalue weighted by Gasteiger charge is 2.17. The molecule has 4 rings (SSSR count). The van der Waals surface area contributed by atoms with Gasteiger partial charge < -0.3 is 10.3 Å². The Balaban J connectivity index is 1.56. The minimum Gasteiger partial charge on any atom is -0.339 e. The van der Waals surface area contributed by atoms with Crippen molar-refractivity contribution in [1.29, 1.82) is 0 Å². The quantitative estimate of drug-likeness (QED) is 0.588. The lowest BCUT2D eigenvalue weighted by Gasteiger charge is -2.23. The molecule has 0 aliphatic carbocycles. The molecule has 2 N–H and O–H groups in total. The van der Waals surface area contributed by atoms with Gasteiger partial charge in [-0.25, -0.2) is 14.8 Å². The fourth-order valence-electron chi connectivity index (χ4n) is 2.75. The summed E-state index contributed by atoms with van der Waals surface area (Å²) >= 11 is 0. The molecular weight excluding hydrogens is 326 g/mol. The van der Waals surface area contributed by atoms with Gasteiger partial charge in [-0.1, -0.05) is 36.4 Å². The minimum atomic E-state index is -0.226. The van der Waals surface area contributed by atoms with E-state index in [1.165, 1.54) is 0 Å². The molecule has 0 saturated heterocycles. The third-order valence-corrected chi connectivity index (χ3v) is 3.95. The second kappa shape index (κ2) is 7.06. The Hall–Kier alpha value is -3.67. The van der Waals surface area contributed by atoms with Crippen molar-refractivity contribution in [3.05, 3.63) is 84.8 Å². The number of nitrogens with one attached hydrogen (secondary N) is 2. The molecule has 0 aliphatic rings. The number of aromatic amines is 1. The van der Waals surface area contributed by atoms with E-state index in [-0.39, 0.29) is 12.6 Å². The third-order valence-electron chi connectivity index (χ3n) is 3.95. The van der Waals surface area contributed by atoms with E-state index in [9.17, 15) is 4.79 Å². The standard InChI is InChI=1S/C20H17N5O/c26-20(22-14-18-23-17-12-7-13-21-19(17)24-18)25(15-8-3-1-4-9-15)16-10-5-2-6-11-16/h1-13H,14H2,(H,22,26)(H,21,23,24). The smallest absolute Gasteiger partial charge is 0.326 e. The van der Waals surface area contributed by atoms with E-state index in [0.29, 0.717) is 11.5 Å². The summed E-state index contributed by atoms with van der Waals surface area (Å²) in [5.41, 5.74) is 3.07. The Morgan fingerprint density at radius 1 is 0.923 bits per heavy atom. The number of rotatable bonds is 4. The van der Waals surface area contributed by atoms with Gasteiger partial charge in [0.05, 0.1) is 23.4 Å². The maximum atomic E-state index is 12.9. The molecule has 26 heavy (non-hydrogen) atoms. The second-order valence-electron chi connectivity index (χ2n) is 5.72. The zero-order chi connectivity index (χ0) is 17.8. The molecule has 2 heterocycles. The zero-order valence-electron chi connectivity index (χ0n) is 14.0. The molecule has 0 bridgehead atoms. The van der Waals surface area contributed by atoms with Crippen LogP contribution in [-0.4, -0.2) is 21.0 Å². The molecule has 0 atom stereocenters. The van der Waals surface area contributed by atoms with E-state index in [1.807, 2.05) is 72.8 Å². The summed E-state index contributed by atoms with van der Waals surface area (Å²) < 4.78 is 0. The summed E-state index contributed by atoms with van der Waals surface area (Å²) in [6.45, 7) is 0.283. The zero-order valence-corrected chi connectivity index (χ0v) is 14.0. The Morgan fingerprint density at radius 2 is 1.58 bits per heavy atom. The van der Waals surface area contributed by atoms with Crippen molar-refractivity contribution in [1.82, 2.24) is 20.3 Å². The van der Waals surface area contributed by atoms with Crippen molar-refractivity contribution in [2.24, 2.45) is 0 Å². The van der Waals surface area contributed by atoms with Gasteiger partial charge in [-0.2, -0.15) is 0 Å². The van der Waals surface area contributed by atoms with Gasteiger partial charge in [0.15, 0.2) is 5.65 Å². The maximum absolute atomic E-state index is 12.9. The van der Waals surface area contributed by atoms with Crippen LogP contribution >= 0.6 is 0 Å². The van der Waals surface area contributed by atoms with Crippen molar-refractivity contribution in [3.63, 3.8) is 0 Å². The van der Waals surface area contributed by atoms with Gasteiger partial charge in [0.25, 0.3) is 0 Å². The highest BCUT2D eigenvalue weighted by molar-refractivity contribution is 5.99. The van der Waals surface area contributed by atoms with E-state index in [0.717, 1.165) is 16.9 Å². The molecule has 0 saturated carbocycles. The lowest BCUT2D eigenvalue weighted by molar-refractivity contribution is 0.248. The summed E-state index contributed by atoms with van der Waals surface area (Å²) in [5, 5.41) is 2.92. The van der Waals surface area contributed by atoms with Crippen LogP contribution in [0, 0.1) is 0 Å². The number of anilines is 2. The summed E-state index contributed by atoms with van der Waals surface area (Å²) in [4.78, 5) is 26.3. The Labute approximate surface area is 150 Å². The van der Waals surface area contributed by atoms with Crippen LogP contribution in [0.2, 0.25) is 0 Å². The monoisotopic (exact) mass is 343 g/mol. The van der Waals surface area contributed by atoms with Crippen LogP contribution in [0.5, 0.6) is 0 Å². The topological polar surface area (TPSA) is 73.9 Å². The molecule has 6 nitrogen and oxygen atoms in total. The number of urea groups is 1. The predicted octanol–water partition coefficient (Wildman–Crippen LogP) is 4.01. The lowest BCUT2D eigenvalue weighted by atomic mass is 10.2. The van der Waals surface area contributed by atoms with Gasteiger partial charge in [0.2, 0.25) is 0 Å². The highest BCUT2D eigenvalue weighted by atomic mass is 16.2. The van der Waals surface area contributed by atoms with E-state index in [4.69, 9.17) is 0 Å². The SMILES string of the molecule is O=C(NCc1nc2ncccc2[nH]1)N(c1ccccc1)c1ccccc1. The number of H-pyrrole nitrogens is 1. The number of carbonyl (C=O) groups excluding carboxylic acids is 1. The number of aromatic nitrogens is 3. The highest BCUT2D eigenvalue weighted by Crippen LogP contribution is 2.24. The van der Waals surface area contributed by atoms with Gasteiger partial charge in [0, 0.05) is 6.20 Å². The van der Waals surface area contributed by atoms with Crippen molar-refractivity contribution in [2.75, 3.05) is 4.90 Å². The molecule has 0 aliphatic heterocycles. The maximum Gasteiger partial charge on any atom is 0.326 e. The molecular formula is C20H17N5O. The van der Waals surface area contributed by atoms with Gasteiger partial charge in [-0.05, 0) is 36.4 Å². The van der Waals surface area contributed by atoms with Gasteiger partial charge in [-0.15, -0.1) is 0 Å². The number of imidazole rings is 1. The van der Waals surface area contributed by atoms with E-state index in [1.54, 1.807) is 11.1 Å². The summed E-state index contributed by atoms with van der Waals surface area (Å²) in [5.74, 6) is 0.660. The number of nitrogens with zero attached hydrogens (tertiary/aromatic N) is 3. The number of carbonyl (C=O) groups is 1. The summed E-state index contributed by atoms with van der Waals surface area (Å²) in [6.07, 6.45) is 1.69. The number of benzene rings is 2. The van der Waals surface area contributed by atoms with Crippen LogP contribution in [0.4, 0.5) is 16.2 Å². The molecule has 2 amide bonds. The normalized spacial score (nSPS) is 10.6. The summed E-state index contributed by atoms with van der Waals surface area (Å²) in [7, 11) is 0. The van der Waals surface area contributed by atoms with Crippen LogP contribution in [-0.2, 0) is 6.54 Å². The molecule has 128 valence electrons. The van der Waals surface area contributed by atoms with Crippen molar-refractivity contribution in [3.8, 4) is 0 Å². The van der Waals surface area contributed by atoms with Gasteiger partial charge in [-0.3, -0.25) is 4.90 Å². The third kappa shape index (κ3) is 3.25. The molecule has 2 aromatic heterocycles. The van der Waals surface area contributed by atoms with Crippen LogP contribution in [0.3, 0.4) is 0 Å². The molecule has 4 aromatic rings. The first-order valence-electron chi connectivity index (χ1n) is 8.29. The average molecular weight is 343 g/mol. The van der Waals surface area contributed by atoms with Crippen LogP contribution in [0.25, 0.3) is 11.2 Å². The number of hydrogen-bond donors (Lipinski definition) is 2. The van der Waals surface area contributed by atoms with Crippen LogP contribution in [0.1, 0.15) is 5.82 Å². The van der Waals surface area contributed by atoms with E-state index >= 15 is 0 Å². The predicted molar refractivity (Wildman–Crippen MR) is 101 cm³/mol. The first-order valence-corrected chi connectivity index (χ1v) is 8.29. The second-order valence-corrected chi connectivity index (χ2v) is 5.72. The Morgan fingerprint density at radius 3 is 2.19 bits per heavy atom. The van der Waals surface area contributed by atoms with Gasteiger partial charge >= 0.3 is 6.03 Å². The van der Waals surface area contributed by atoms with Crippen molar-refractivity contribution < 1.29 is 4.79 Å². The molecule has 0 unspecified atom stereocenters. The van der Waals surface area contributed by atoms with Crippen molar-refractivity contribution >= 4 is 28.6 Å². The fraction of sp³-hybridized carbons (Fsp3) is 0.0500. The van der Waals surface area contributed by atoms with E-state index in [2.05, 4.69) is 20.3 Å². The number of fused-ring (bicyclic) bond motifs is 1. The average Bonchev–Trinajstić information content (AvgIpc) is 3.11. The molecule has 0 radical (unpaired) electrons. The molecule has 2 aromatic carbocycles. The number of para-hydroxylation sites is 2. The minimum absolute atomic E-state index is 0.226. The number of hydrogen-bond acceptors (Lipinski definition) is 3. The number of amides is 2. The van der Waals surface area contributed by atoms with E-state index < -0.39 is 0 Å². The van der Waals surface area contributed by atoms with Crippen LogP contribution < -0.4 is 10.2 Å². The first-order chi connectivity index (χ1) is 12.8. The Kier molecular flexibility index (Phi) is 4.30.